The molecule has 1 N–H and O–H groups in total. The Morgan fingerprint density at radius 3 is 2.05 bits per heavy atom. The average Bonchev–Trinajstić information content (AvgIpc) is 3.06. The molecule has 5 nitrogen and oxygen atoms in total. The van der Waals surface area contributed by atoms with Crippen LogP contribution in [-0.2, 0) is 17.6 Å². The number of carbonyl (C=O) groups excluding carboxylic acids is 2. The van der Waals surface area contributed by atoms with Crippen molar-refractivity contribution in [3.8, 4) is 0 Å². The van der Waals surface area contributed by atoms with Crippen molar-refractivity contribution in [1.82, 2.24) is 4.90 Å². The molecule has 0 aliphatic carbocycles. The van der Waals surface area contributed by atoms with Crippen LogP contribution in [0.4, 0.5) is 17.1 Å². The number of benzene rings is 3. The Bertz CT molecular complexity index is 1200. The highest BCUT2D eigenvalue weighted by Gasteiger charge is 2.28. The lowest BCUT2D eigenvalue weighted by atomic mass is 10.0. The Morgan fingerprint density at radius 2 is 1.34 bits per heavy atom. The molecular formula is C33H41N3O2. The summed E-state index contributed by atoms with van der Waals surface area (Å²) in [5.41, 5.74) is 4.73. The zero-order valence-electron chi connectivity index (χ0n) is 22.9. The third kappa shape index (κ3) is 7.11. The summed E-state index contributed by atoms with van der Waals surface area (Å²) in [5.74, 6) is -0.264. The predicted octanol–water partition coefficient (Wildman–Crippen LogP) is 7.38. The first kappa shape index (κ1) is 27.6. The third-order valence-corrected chi connectivity index (χ3v) is 7.26. The van der Waals surface area contributed by atoms with Crippen molar-refractivity contribution in [2.45, 2.75) is 65.2 Å². The second-order valence-electron chi connectivity index (χ2n) is 10.2. The minimum atomic E-state index is -0.202. The van der Waals surface area contributed by atoms with Gasteiger partial charge in [0.05, 0.1) is 29.0 Å². The van der Waals surface area contributed by atoms with Gasteiger partial charge in [-0.2, -0.15) is 0 Å². The van der Waals surface area contributed by atoms with Gasteiger partial charge in [-0.3, -0.25) is 14.5 Å². The maximum atomic E-state index is 13.6. The Kier molecular flexibility index (Phi) is 10.1. The van der Waals surface area contributed by atoms with E-state index in [0.717, 1.165) is 12.0 Å². The molecule has 2 amide bonds. The number of amides is 2. The minimum Gasteiger partial charge on any atom is -0.320 e. The molecule has 0 unspecified atom stereocenters. The van der Waals surface area contributed by atoms with Crippen LogP contribution in [0.3, 0.4) is 0 Å². The van der Waals surface area contributed by atoms with Crippen molar-refractivity contribution in [3.05, 3.63) is 89.5 Å². The molecule has 4 rings (SSSR count). The maximum Gasteiger partial charge on any atom is 0.257 e. The van der Waals surface area contributed by atoms with Gasteiger partial charge in [-0.05, 0) is 87.1 Å². The van der Waals surface area contributed by atoms with Crippen LogP contribution in [0.25, 0.3) is 0 Å². The number of unbranched alkanes of at least 4 members (excludes halogenated alkanes) is 3. The van der Waals surface area contributed by atoms with Crippen LogP contribution < -0.4 is 10.2 Å². The summed E-state index contributed by atoms with van der Waals surface area (Å²) >= 11 is 0. The summed E-state index contributed by atoms with van der Waals surface area (Å²) in [7, 11) is 0. The molecule has 1 aliphatic rings. The molecule has 0 fully saturated rings. The van der Waals surface area contributed by atoms with Crippen molar-refractivity contribution in [2.75, 3.05) is 29.9 Å². The van der Waals surface area contributed by atoms with Crippen LogP contribution in [-0.4, -0.2) is 36.3 Å². The number of anilines is 3. The first-order valence-electron chi connectivity index (χ1n) is 14.2. The summed E-state index contributed by atoms with van der Waals surface area (Å²) in [6.07, 6.45) is 8.79. The first-order valence-corrected chi connectivity index (χ1v) is 14.2. The van der Waals surface area contributed by atoms with E-state index >= 15 is 0 Å². The maximum absolute atomic E-state index is 13.6. The number of rotatable bonds is 13. The molecule has 1 aliphatic heterocycles. The van der Waals surface area contributed by atoms with Crippen LogP contribution in [0.5, 0.6) is 0 Å². The zero-order chi connectivity index (χ0) is 26.7. The van der Waals surface area contributed by atoms with Crippen molar-refractivity contribution in [3.63, 3.8) is 0 Å². The van der Waals surface area contributed by atoms with Crippen molar-refractivity contribution >= 4 is 28.9 Å². The number of hydrogen-bond acceptors (Lipinski definition) is 3. The number of carbonyl (C=O) groups is 2. The molecule has 0 bridgehead atoms. The molecule has 1 heterocycles. The molecular weight excluding hydrogens is 470 g/mol. The van der Waals surface area contributed by atoms with Gasteiger partial charge in [0, 0.05) is 0 Å². The van der Waals surface area contributed by atoms with Crippen molar-refractivity contribution < 1.29 is 9.59 Å². The second kappa shape index (κ2) is 13.9. The first-order chi connectivity index (χ1) is 18.6. The van der Waals surface area contributed by atoms with Crippen molar-refractivity contribution in [1.29, 1.82) is 0 Å². The van der Waals surface area contributed by atoms with E-state index in [-0.39, 0.29) is 18.2 Å². The normalized spacial score (nSPS) is 12.6. The van der Waals surface area contributed by atoms with Gasteiger partial charge >= 0.3 is 0 Å². The van der Waals surface area contributed by atoms with Gasteiger partial charge in [0.1, 0.15) is 0 Å². The molecule has 0 atom stereocenters. The highest BCUT2D eigenvalue weighted by molar-refractivity contribution is 6.17. The number of nitrogens with one attached hydrogen (secondary N) is 1. The number of fused-ring (bicyclic) bond motifs is 2. The van der Waals surface area contributed by atoms with E-state index < -0.39 is 0 Å². The fraction of sp³-hybridized carbons (Fsp3) is 0.394. The summed E-state index contributed by atoms with van der Waals surface area (Å²) in [4.78, 5) is 30.8. The lowest BCUT2D eigenvalue weighted by Gasteiger charge is -2.24. The molecule has 38 heavy (non-hydrogen) atoms. The fourth-order valence-electron chi connectivity index (χ4n) is 5.06. The van der Waals surface area contributed by atoms with E-state index in [4.69, 9.17) is 0 Å². The fourth-order valence-corrected chi connectivity index (χ4v) is 5.06. The van der Waals surface area contributed by atoms with E-state index in [1.54, 1.807) is 11.0 Å². The highest BCUT2D eigenvalue weighted by atomic mass is 16.2. The van der Waals surface area contributed by atoms with Crippen LogP contribution in [0.2, 0.25) is 0 Å². The molecule has 0 aromatic heterocycles. The zero-order valence-corrected chi connectivity index (χ0v) is 22.9. The van der Waals surface area contributed by atoms with Gasteiger partial charge in [-0.25, -0.2) is 0 Å². The largest absolute Gasteiger partial charge is 0.320 e. The van der Waals surface area contributed by atoms with Gasteiger partial charge in [0.15, 0.2) is 0 Å². The lowest BCUT2D eigenvalue weighted by molar-refractivity contribution is -0.117. The predicted molar refractivity (Wildman–Crippen MR) is 157 cm³/mol. The Hall–Kier alpha value is -3.44. The molecule has 0 radical (unpaired) electrons. The Labute approximate surface area is 227 Å². The summed E-state index contributed by atoms with van der Waals surface area (Å²) in [5, 5.41) is 2.95. The van der Waals surface area contributed by atoms with Gasteiger partial charge in [-0.15, -0.1) is 0 Å². The second-order valence-corrected chi connectivity index (χ2v) is 10.2. The Balaban J connectivity index is 1.37. The SMILES string of the molecule is CCCCN(CCCC)CCCCc1ccc(CC(=O)N2c3ccccc3NC(=O)c3ccccc32)cc1. The molecule has 3 aromatic carbocycles. The summed E-state index contributed by atoms with van der Waals surface area (Å²) in [6, 6.07) is 23.2. The smallest absolute Gasteiger partial charge is 0.257 e. The minimum absolute atomic E-state index is 0.0617. The average molecular weight is 512 g/mol. The van der Waals surface area contributed by atoms with Gasteiger partial charge < -0.3 is 10.2 Å². The number of hydrogen-bond donors (Lipinski definition) is 1. The molecule has 3 aromatic rings. The third-order valence-electron chi connectivity index (χ3n) is 7.26. The van der Waals surface area contributed by atoms with Crippen LogP contribution in [0.1, 0.15) is 73.9 Å². The molecule has 0 saturated heterocycles. The van der Waals surface area contributed by atoms with Crippen LogP contribution in [0, 0.1) is 0 Å². The van der Waals surface area contributed by atoms with E-state index in [0.29, 0.717) is 22.6 Å². The molecule has 0 saturated carbocycles. The van der Waals surface area contributed by atoms with Gasteiger partial charge in [0.25, 0.3) is 5.91 Å². The molecule has 0 spiro atoms. The van der Waals surface area contributed by atoms with Crippen LogP contribution in [0.15, 0.2) is 72.8 Å². The van der Waals surface area contributed by atoms with Gasteiger partial charge in [-0.1, -0.05) is 75.2 Å². The number of aryl methyl sites for hydroxylation is 1. The summed E-state index contributed by atoms with van der Waals surface area (Å²) < 4.78 is 0. The number of para-hydroxylation sites is 3. The van der Waals surface area contributed by atoms with E-state index in [2.05, 4.69) is 48.3 Å². The monoisotopic (exact) mass is 511 g/mol. The van der Waals surface area contributed by atoms with E-state index in [1.807, 2.05) is 42.5 Å². The van der Waals surface area contributed by atoms with Crippen molar-refractivity contribution in [2.24, 2.45) is 0 Å². The highest BCUT2D eigenvalue weighted by Crippen LogP contribution is 2.38. The summed E-state index contributed by atoms with van der Waals surface area (Å²) in [6.45, 7) is 8.14. The standard InChI is InChI=1S/C33H41N3O2/c1-3-5-22-35(23-6-4-2)24-12-11-13-26-18-20-27(21-19-26)25-32(37)36-30-16-9-7-14-28(30)33(38)34-29-15-8-10-17-31(29)36/h7-10,14-21H,3-6,11-13,22-25H2,1-2H3,(H,34,38). The lowest BCUT2D eigenvalue weighted by Crippen LogP contribution is -2.28. The number of nitrogens with zero attached hydrogens (tertiary/aromatic N) is 2. The van der Waals surface area contributed by atoms with E-state index in [9.17, 15) is 9.59 Å². The van der Waals surface area contributed by atoms with Crippen LogP contribution >= 0.6 is 0 Å². The molecule has 5 heteroatoms. The topological polar surface area (TPSA) is 52.7 Å². The van der Waals surface area contributed by atoms with E-state index in [1.165, 1.54) is 63.7 Å². The molecule has 200 valence electrons. The quantitative estimate of drug-likeness (QED) is 0.244. The Morgan fingerprint density at radius 1 is 0.737 bits per heavy atom. The van der Waals surface area contributed by atoms with Gasteiger partial charge in [0.2, 0.25) is 5.91 Å².